The number of esters is 2. The number of thioether (sulfide) groups is 1. The van der Waals surface area contributed by atoms with E-state index < -0.39 is 48.4 Å². The number of aliphatic hydroxyl groups excluding tert-OH is 1. The second-order valence-corrected chi connectivity index (χ2v) is 18.2. The standard InChI is InChI=1S/C46H86N2O10S/c1-6-8-10-12-14-16-18-20-22-24-26-28-30-32-41(50)56-35-38(57-42(51)33-31-29-27-25-23-21-19-17-15-13-11-9-7-2)36-59-37-40(48-45(55)58-46(3,4)5)43(52)47-39(34-49)44(53)54/h38-40,49H,6-37H2,1-5H3,(H,47,52)(H,48,55)(H,53,54)/t38-,39-,40-/m0/s1. The zero-order valence-corrected chi connectivity index (χ0v) is 38.7. The molecule has 0 radical (unpaired) electrons. The summed E-state index contributed by atoms with van der Waals surface area (Å²) in [5, 5.41) is 23.4. The van der Waals surface area contributed by atoms with Crippen LogP contribution >= 0.6 is 11.8 Å². The summed E-state index contributed by atoms with van der Waals surface area (Å²) in [5.74, 6) is -2.89. The Morgan fingerprint density at radius 1 is 0.559 bits per heavy atom. The van der Waals surface area contributed by atoms with Crippen molar-refractivity contribution < 1.29 is 48.4 Å². The topological polar surface area (TPSA) is 178 Å². The zero-order chi connectivity index (χ0) is 44.0. The molecular formula is C46H86N2O10S. The van der Waals surface area contributed by atoms with Crippen molar-refractivity contribution in [2.24, 2.45) is 0 Å². The summed E-state index contributed by atoms with van der Waals surface area (Å²) in [5.41, 5.74) is -0.851. The van der Waals surface area contributed by atoms with Gasteiger partial charge < -0.3 is 35.1 Å². The molecule has 0 heterocycles. The van der Waals surface area contributed by atoms with E-state index >= 15 is 0 Å². The van der Waals surface area contributed by atoms with Crippen LogP contribution < -0.4 is 10.6 Å². The van der Waals surface area contributed by atoms with Crippen LogP contribution in [0.1, 0.15) is 214 Å². The molecule has 0 saturated carbocycles. The largest absolute Gasteiger partial charge is 0.480 e. The highest BCUT2D eigenvalue weighted by Crippen LogP contribution is 2.17. The van der Waals surface area contributed by atoms with Crippen molar-refractivity contribution in [3.05, 3.63) is 0 Å². The molecule has 0 aliphatic rings. The minimum Gasteiger partial charge on any atom is -0.480 e. The zero-order valence-electron chi connectivity index (χ0n) is 37.9. The third kappa shape index (κ3) is 37.0. The molecule has 2 amide bonds. The lowest BCUT2D eigenvalue weighted by atomic mass is 10.0. The Labute approximate surface area is 362 Å². The van der Waals surface area contributed by atoms with E-state index in [2.05, 4.69) is 24.5 Å². The molecule has 0 aromatic carbocycles. The van der Waals surface area contributed by atoms with Gasteiger partial charge in [-0.25, -0.2) is 9.59 Å². The average molecular weight is 859 g/mol. The number of unbranched alkanes of at least 4 members (excludes halogenated alkanes) is 24. The Morgan fingerprint density at radius 2 is 0.966 bits per heavy atom. The van der Waals surface area contributed by atoms with E-state index in [1.165, 1.54) is 127 Å². The molecule has 0 aliphatic carbocycles. The molecule has 3 atom stereocenters. The molecule has 346 valence electrons. The smallest absolute Gasteiger partial charge is 0.408 e. The van der Waals surface area contributed by atoms with Gasteiger partial charge in [-0.2, -0.15) is 11.8 Å². The molecule has 59 heavy (non-hydrogen) atoms. The van der Waals surface area contributed by atoms with Crippen LogP contribution in [0.3, 0.4) is 0 Å². The summed E-state index contributed by atoms with van der Waals surface area (Å²) >= 11 is 1.17. The fourth-order valence-electron chi connectivity index (χ4n) is 6.60. The SMILES string of the molecule is CCCCCCCCCCCCCCCC(=O)OC[C@@H](CSC[C@H](NC(=O)OC(C)(C)C)C(=O)N[C@@H](CO)C(=O)O)OC(=O)CCCCCCCCCCCCCCC. The summed E-state index contributed by atoms with van der Waals surface area (Å²) in [7, 11) is 0. The fourth-order valence-corrected chi connectivity index (χ4v) is 7.63. The molecule has 0 bridgehead atoms. The summed E-state index contributed by atoms with van der Waals surface area (Å²) in [6.45, 7) is 8.50. The van der Waals surface area contributed by atoms with Gasteiger partial charge in [0.2, 0.25) is 5.91 Å². The van der Waals surface area contributed by atoms with Gasteiger partial charge in [0.25, 0.3) is 0 Å². The maximum Gasteiger partial charge on any atom is 0.408 e. The summed E-state index contributed by atoms with van der Waals surface area (Å²) in [6.07, 6.45) is 30.1. The number of aliphatic hydroxyl groups is 1. The van der Waals surface area contributed by atoms with Crippen molar-refractivity contribution in [3.63, 3.8) is 0 Å². The second-order valence-electron chi connectivity index (χ2n) is 17.1. The number of carbonyl (C=O) groups is 5. The van der Waals surface area contributed by atoms with E-state index in [0.717, 1.165) is 44.9 Å². The van der Waals surface area contributed by atoms with Gasteiger partial charge in [-0.05, 0) is 33.6 Å². The molecule has 0 aromatic heterocycles. The van der Waals surface area contributed by atoms with Gasteiger partial charge in [0, 0.05) is 24.3 Å². The summed E-state index contributed by atoms with van der Waals surface area (Å²) < 4.78 is 16.6. The maximum absolute atomic E-state index is 13.0. The first-order chi connectivity index (χ1) is 28.3. The second kappa shape index (κ2) is 38.4. The van der Waals surface area contributed by atoms with E-state index in [4.69, 9.17) is 14.2 Å². The number of carbonyl (C=O) groups excluding carboxylic acids is 4. The average Bonchev–Trinajstić information content (AvgIpc) is 3.18. The van der Waals surface area contributed by atoms with Crippen LogP contribution in [0.15, 0.2) is 0 Å². The number of hydrogen-bond donors (Lipinski definition) is 4. The van der Waals surface area contributed by atoms with Gasteiger partial charge in [-0.1, -0.05) is 168 Å². The van der Waals surface area contributed by atoms with Crippen molar-refractivity contribution in [3.8, 4) is 0 Å². The predicted molar refractivity (Wildman–Crippen MR) is 239 cm³/mol. The molecule has 0 aliphatic heterocycles. The van der Waals surface area contributed by atoms with Crippen LogP contribution in [0.5, 0.6) is 0 Å². The van der Waals surface area contributed by atoms with Crippen LogP contribution in [0, 0.1) is 0 Å². The van der Waals surface area contributed by atoms with Gasteiger partial charge >= 0.3 is 24.0 Å². The minimum atomic E-state index is -1.57. The lowest BCUT2D eigenvalue weighted by Crippen LogP contribution is -2.54. The van der Waals surface area contributed by atoms with Gasteiger partial charge in [0.05, 0.1) is 6.61 Å². The number of rotatable bonds is 40. The number of carboxylic acid groups (broad SMARTS) is 1. The van der Waals surface area contributed by atoms with Crippen molar-refractivity contribution in [2.45, 2.75) is 238 Å². The van der Waals surface area contributed by atoms with Gasteiger partial charge in [0.15, 0.2) is 0 Å². The minimum absolute atomic E-state index is 0.0390. The van der Waals surface area contributed by atoms with Crippen molar-refractivity contribution in [1.82, 2.24) is 10.6 Å². The lowest BCUT2D eigenvalue weighted by Gasteiger charge is -2.24. The molecule has 0 fully saturated rings. The molecule has 0 unspecified atom stereocenters. The first kappa shape index (κ1) is 56.5. The number of aliphatic carboxylic acids is 1. The Kier molecular flexibility index (Phi) is 36.7. The highest BCUT2D eigenvalue weighted by atomic mass is 32.2. The lowest BCUT2D eigenvalue weighted by molar-refractivity contribution is -0.157. The quantitative estimate of drug-likeness (QED) is 0.0262. The van der Waals surface area contributed by atoms with E-state index in [9.17, 15) is 34.2 Å². The molecule has 0 spiro atoms. The van der Waals surface area contributed by atoms with E-state index in [-0.39, 0.29) is 42.9 Å². The first-order valence-electron chi connectivity index (χ1n) is 23.4. The van der Waals surface area contributed by atoms with Crippen LogP contribution in [-0.4, -0.2) is 88.6 Å². The first-order valence-corrected chi connectivity index (χ1v) is 24.5. The predicted octanol–water partition coefficient (Wildman–Crippen LogP) is 10.6. The van der Waals surface area contributed by atoms with Crippen molar-refractivity contribution >= 4 is 41.7 Å². The molecule has 0 saturated heterocycles. The molecule has 13 heteroatoms. The van der Waals surface area contributed by atoms with Crippen LogP contribution in [0.4, 0.5) is 4.79 Å². The number of alkyl carbamates (subject to hydrolysis) is 1. The maximum atomic E-state index is 13.0. The van der Waals surface area contributed by atoms with Crippen LogP contribution in [0.2, 0.25) is 0 Å². The van der Waals surface area contributed by atoms with E-state index in [0.29, 0.717) is 6.42 Å². The Hall–Kier alpha value is -2.54. The van der Waals surface area contributed by atoms with Crippen molar-refractivity contribution in [2.75, 3.05) is 24.7 Å². The third-order valence-corrected chi connectivity index (χ3v) is 11.3. The van der Waals surface area contributed by atoms with Crippen molar-refractivity contribution in [1.29, 1.82) is 0 Å². The molecule has 4 N–H and O–H groups in total. The number of amides is 2. The summed E-state index contributed by atoms with van der Waals surface area (Å²) in [4.78, 5) is 62.7. The van der Waals surface area contributed by atoms with Gasteiger partial charge in [-0.3, -0.25) is 14.4 Å². The van der Waals surface area contributed by atoms with E-state index in [1.807, 2.05) is 0 Å². The van der Waals surface area contributed by atoms with Crippen LogP contribution in [-0.2, 0) is 33.4 Å². The number of nitrogens with one attached hydrogen (secondary N) is 2. The Bertz CT molecular complexity index is 1090. The Morgan fingerprint density at radius 3 is 1.36 bits per heavy atom. The van der Waals surface area contributed by atoms with Crippen LogP contribution in [0.25, 0.3) is 0 Å². The normalized spacial score (nSPS) is 13.0. The molecule has 0 aromatic rings. The number of hydrogen-bond acceptors (Lipinski definition) is 10. The highest BCUT2D eigenvalue weighted by Gasteiger charge is 2.29. The molecule has 0 rings (SSSR count). The number of carboxylic acids is 1. The molecular weight excluding hydrogens is 773 g/mol. The highest BCUT2D eigenvalue weighted by molar-refractivity contribution is 7.99. The number of ether oxygens (including phenoxy) is 3. The van der Waals surface area contributed by atoms with E-state index in [1.54, 1.807) is 20.8 Å². The third-order valence-electron chi connectivity index (χ3n) is 10.1. The van der Waals surface area contributed by atoms with Gasteiger partial charge in [0.1, 0.15) is 30.4 Å². The Balaban J connectivity index is 5.00. The van der Waals surface area contributed by atoms with Gasteiger partial charge in [-0.15, -0.1) is 0 Å². The molecule has 12 nitrogen and oxygen atoms in total. The monoisotopic (exact) mass is 859 g/mol. The summed E-state index contributed by atoms with van der Waals surface area (Å²) in [6, 6.07) is -2.80. The fraction of sp³-hybridized carbons (Fsp3) is 0.891.